The van der Waals surface area contributed by atoms with Gasteiger partial charge in [-0.15, -0.1) is 0 Å². The number of aromatic amines is 1. The molecule has 1 aromatic heterocycles. The topological polar surface area (TPSA) is 63.9 Å². The Labute approximate surface area is 117 Å². The van der Waals surface area contributed by atoms with E-state index in [1.807, 2.05) is 60.7 Å². The Bertz CT molecular complexity index is 674. The first-order valence-electron chi connectivity index (χ1n) is 6.43. The van der Waals surface area contributed by atoms with Crippen molar-refractivity contribution in [2.24, 2.45) is 5.73 Å². The summed E-state index contributed by atoms with van der Waals surface area (Å²) in [5.41, 5.74) is 8.40. The monoisotopic (exact) mass is 265 g/mol. The standard InChI is InChI=1S/C16H15N3O/c17-11-13-10-16(19-18-13)12-6-8-15(9-7-12)20-14-4-2-1-3-5-14/h1-10H,11,17H2,(H,18,19). The molecule has 2 aromatic carbocycles. The highest BCUT2D eigenvalue weighted by molar-refractivity contribution is 5.60. The molecule has 0 aliphatic rings. The number of nitrogens with one attached hydrogen (secondary N) is 1. The van der Waals surface area contributed by atoms with E-state index in [0.717, 1.165) is 28.5 Å². The summed E-state index contributed by atoms with van der Waals surface area (Å²) >= 11 is 0. The van der Waals surface area contributed by atoms with Gasteiger partial charge in [0.2, 0.25) is 0 Å². The lowest BCUT2D eigenvalue weighted by molar-refractivity contribution is 0.483. The molecule has 0 aliphatic heterocycles. The summed E-state index contributed by atoms with van der Waals surface area (Å²) in [5.74, 6) is 1.62. The van der Waals surface area contributed by atoms with Crippen molar-refractivity contribution in [3.8, 4) is 22.8 Å². The Balaban J connectivity index is 1.77. The fourth-order valence-electron chi connectivity index (χ4n) is 1.93. The van der Waals surface area contributed by atoms with E-state index in [4.69, 9.17) is 10.5 Å². The van der Waals surface area contributed by atoms with Gasteiger partial charge < -0.3 is 10.5 Å². The number of nitrogens with two attached hydrogens (primary N) is 1. The van der Waals surface area contributed by atoms with Crippen LogP contribution in [0.2, 0.25) is 0 Å². The number of hydrogen-bond acceptors (Lipinski definition) is 3. The van der Waals surface area contributed by atoms with Gasteiger partial charge in [-0.2, -0.15) is 5.10 Å². The molecule has 3 N–H and O–H groups in total. The molecule has 0 atom stereocenters. The van der Waals surface area contributed by atoms with Crippen molar-refractivity contribution in [1.29, 1.82) is 0 Å². The second-order valence-corrected chi connectivity index (χ2v) is 4.42. The molecule has 0 amide bonds. The summed E-state index contributed by atoms with van der Waals surface area (Å²) in [4.78, 5) is 0. The lowest BCUT2D eigenvalue weighted by Crippen LogP contribution is -1.95. The van der Waals surface area contributed by atoms with Gasteiger partial charge in [-0.25, -0.2) is 0 Å². The SMILES string of the molecule is NCc1cc(-c2ccc(Oc3ccccc3)cc2)n[nH]1. The number of nitrogens with zero attached hydrogens (tertiary/aromatic N) is 1. The van der Waals surface area contributed by atoms with Crippen LogP contribution < -0.4 is 10.5 Å². The molecule has 0 unspecified atom stereocenters. The third-order valence-corrected chi connectivity index (χ3v) is 2.98. The number of rotatable bonds is 4. The molecular formula is C16H15N3O. The van der Waals surface area contributed by atoms with Gasteiger partial charge in [-0.3, -0.25) is 5.10 Å². The molecule has 3 rings (SSSR count). The van der Waals surface area contributed by atoms with Crippen molar-refractivity contribution in [3.63, 3.8) is 0 Å². The van der Waals surface area contributed by atoms with Crippen molar-refractivity contribution in [2.45, 2.75) is 6.54 Å². The van der Waals surface area contributed by atoms with Crippen molar-refractivity contribution in [2.75, 3.05) is 0 Å². The molecule has 0 bridgehead atoms. The zero-order valence-electron chi connectivity index (χ0n) is 10.9. The minimum atomic E-state index is 0.461. The molecule has 100 valence electrons. The van der Waals surface area contributed by atoms with Gasteiger partial charge in [-0.1, -0.05) is 18.2 Å². The molecule has 0 spiro atoms. The third-order valence-electron chi connectivity index (χ3n) is 2.98. The largest absolute Gasteiger partial charge is 0.457 e. The summed E-state index contributed by atoms with van der Waals surface area (Å²) < 4.78 is 5.75. The van der Waals surface area contributed by atoms with E-state index in [0.29, 0.717) is 6.54 Å². The minimum Gasteiger partial charge on any atom is -0.457 e. The molecule has 4 nitrogen and oxygen atoms in total. The summed E-state index contributed by atoms with van der Waals surface area (Å²) in [6.07, 6.45) is 0. The van der Waals surface area contributed by atoms with Gasteiger partial charge >= 0.3 is 0 Å². The van der Waals surface area contributed by atoms with Gasteiger partial charge in [0.1, 0.15) is 11.5 Å². The van der Waals surface area contributed by atoms with E-state index in [-0.39, 0.29) is 0 Å². The molecular weight excluding hydrogens is 250 g/mol. The van der Waals surface area contributed by atoms with Crippen LogP contribution in [-0.2, 0) is 6.54 Å². The van der Waals surface area contributed by atoms with E-state index in [1.54, 1.807) is 0 Å². The first-order chi connectivity index (χ1) is 9.85. The molecule has 20 heavy (non-hydrogen) atoms. The highest BCUT2D eigenvalue weighted by atomic mass is 16.5. The molecule has 0 saturated carbocycles. The predicted molar refractivity (Wildman–Crippen MR) is 78.4 cm³/mol. The van der Waals surface area contributed by atoms with E-state index < -0.39 is 0 Å². The number of para-hydroxylation sites is 1. The molecule has 3 aromatic rings. The maximum absolute atomic E-state index is 5.75. The van der Waals surface area contributed by atoms with Crippen LogP contribution in [0, 0.1) is 0 Å². The second-order valence-electron chi connectivity index (χ2n) is 4.42. The zero-order valence-corrected chi connectivity index (χ0v) is 10.9. The highest BCUT2D eigenvalue weighted by Gasteiger charge is 2.03. The quantitative estimate of drug-likeness (QED) is 0.760. The van der Waals surface area contributed by atoms with Crippen LogP contribution >= 0.6 is 0 Å². The van der Waals surface area contributed by atoms with Gasteiger partial charge in [0.15, 0.2) is 0 Å². The molecule has 0 saturated heterocycles. The highest BCUT2D eigenvalue weighted by Crippen LogP contribution is 2.24. The van der Waals surface area contributed by atoms with Crippen LogP contribution in [-0.4, -0.2) is 10.2 Å². The van der Waals surface area contributed by atoms with Crippen molar-refractivity contribution < 1.29 is 4.74 Å². The van der Waals surface area contributed by atoms with Crippen LogP contribution in [0.25, 0.3) is 11.3 Å². The van der Waals surface area contributed by atoms with Crippen LogP contribution in [0.15, 0.2) is 60.7 Å². The second kappa shape index (κ2) is 5.59. The Morgan fingerprint density at radius 3 is 2.30 bits per heavy atom. The summed E-state index contributed by atoms with van der Waals surface area (Å²) in [6.45, 7) is 0.461. The Hall–Kier alpha value is -2.59. The number of H-pyrrole nitrogens is 1. The molecule has 4 heteroatoms. The Kier molecular flexibility index (Phi) is 3.48. The molecule has 0 radical (unpaired) electrons. The van der Waals surface area contributed by atoms with E-state index in [1.165, 1.54) is 0 Å². The molecule has 0 fully saturated rings. The van der Waals surface area contributed by atoms with Crippen LogP contribution in [0.3, 0.4) is 0 Å². The smallest absolute Gasteiger partial charge is 0.127 e. The summed E-state index contributed by atoms with van der Waals surface area (Å²) in [6, 6.07) is 19.5. The number of aromatic nitrogens is 2. The normalized spacial score (nSPS) is 10.4. The van der Waals surface area contributed by atoms with E-state index >= 15 is 0 Å². The van der Waals surface area contributed by atoms with Gasteiger partial charge in [0.25, 0.3) is 0 Å². The number of benzene rings is 2. The Morgan fingerprint density at radius 2 is 1.65 bits per heavy atom. The van der Waals surface area contributed by atoms with E-state index in [2.05, 4.69) is 10.2 Å². The first-order valence-corrected chi connectivity index (χ1v) is 6.43. The average Bonchev–Trinajstić information content (AvgIpc) is 2.98. The van der Waals surface area contributed by atoms with Crippen molar-refractivity contribution >= 4 is 0 Å². The lowest BCUT2D eigenvalue weighted by Gasteiger charge is -2.05. The van der Waals surface area contributed by atoms with Gasteiger partial charge in [-0.05, 0) is 42.5 Å². The summed E-state index contributed by atoms with van der Waals surface area (Å²) in [5, 5.41) is 7.13. The zero-order chi connectivity index (χ0) is 13.8. The third kappa shape index (κ3) is 2.70. The Morgan fingerprint density at radius 1 is 0.950 bits per heavy atom. The maximum Gasteiger partial charge on any atom is 0.127 e. The fraction of sp³-hybridized carbons (Fsp3) is 0.0625. The van der Waals surface area contributed by atoms with Crippen LogP contribution in [0.4, 0.5) is 0 Å². The van der Waals surface area contributed by atoms with Crippen molar-refractivity contribution in [1.82, 2.24) is 10.2 Å². The van der Waals surface area contributed by atoms with Crippen molar-refractivity contribution in [3.05, 3.63) is 66.4 Å². The maximum atomic E-state index is 5.75. The van der Waals surface area contributed by atoms with Gasteiger partial charge in [0.05, 0.1) is 5.69 Å². The minimum absolute atomic E-state index is 0.461. The predicted octanol–water partition coefficient (Wildman–Crippen LogP) is 3.33. The van der Waals surface area contributed by atoms with E-state index in [9.17, 15) is 0 Å². The van der Waals surface area contributed by atoms with Gasteiger partial charge in [0, 0.05) is 17.8 Å². The van der Waals surface area contributed by atoms with Crippen LogP contribution in [0.1, 0.15) is 5.69 Å². The van der Waals surface area contributed by atoms with Crippen LogP contribution in [0.5, 0.6) is 11.5 Å². The lowest BCUT2D eigenvalue weighted by atomic mass is 10.1. The number of ether oxygens (including phenoxy) is 1. The summed E-state index contributed by atoms with van der Waals surface area (Å²) in [7, 11) is 0. The first kappa shape index (κ1) is 12.4. The molecule has 1 heterocycles. The number of hydrogen-bond donors (Lipinski definition) is 2. The fourth-order valence-corrected chi connectivity index (χ4v) is 1.93. The average molecular weight is 265 g/mol. The molecule has 0 aliphatic carbocycles.